The average Bonchev–Trinajstić information content (AvgIpc) is 3.35. The van der Waals surface area contributed by atoms with Gasteiger partial charge in [-0.2, -0.15) is 0 Å². The van der Waals surface area contributed by atoms with Crippen molar-refractivity contribution in [2.24, 2.45) is 11.5 Å². The van der Waals surface area contributed by atoms with Crippen LogP contribution in [0.1, 0.15) is 13.8 Å². The lowest BCUT2D eigenvalue weighted by atomic mass is 10.2. The van der Waals surface area contributed by atoms with E-state index in [1.807, 2.05) is 0 Å². The first-order chi connectivity index (χ1) is 17.7. The summed E-state index contributed by atoms with van der Waals surface area (Å²) in [5, 5.41) is 1.10. The summed E-state index contributed by atoms with van der Waals surface area (Å²) >= 11 is 11.8. The Morgan fingerprint density at radius 1 is 0.816 bits per heavy atom. The molecule has 0 aliphatic rings. The van der Waals surface area contributed by atoms with Crippen molar-refractivity contribution in [1.29, 1.82) is 0 Å². The highest BCUT2D eigenvalue weighted by Crippen LogP contribution is 2.26. The Bertz CT molecular complexity index is 1460. The van der Waals surface area contributed by atoms with Crippen molar-refractivity contribution in [2.45, 2.75) is 38.4 Å². The molecule has 4 N–H and O–H groups in total. The number of nitrogens with two attached hydrogens (primary N) is 2. The Labute approximate surface area is 226 Å². The molecule has 0 aliphatic carbocycles. The molecule has 2 aromatic carbocycles. The summed E-state index contributed by atoms with van der Waals surface area (Å²) in [6, 6.07) is 8.84. The first-order valence-electron chi connectivity index (χ1n) is 11.3. The first kappa shape index (κ1) is 27.6. The molecule has 4 aromatic rings. The number of hydrogen-bond acceptors (Lipinski definition) is 6. The fourth-order valence-electron chi connectivity index (χ4n) is 4.05. The van der Waals surface area contributed by atoms with E-state index in [9.17, 15) is 18.4 Å². The molecule has 8 nitrogen and oxygen atoms in total. The molecular weight excluding hydrogens is 541 g/mol. The molecule has 0 fully saturated rings. The number of hydrogen-bond donors (Lipinski definition) is 2. The van der Waals surface area contributed by atoms with Crippen LogP contribution in [-0.4, -0.2) is 32.5 Å². The van der Waals surface area contributed by atoms with E-state index in [0.717, 1.165) is 12.2 Å². The minimum Gasteiger partial charge on any atom is -0.439 e. The van der Waals surface area contributed by atoms with Crippen LogP contribution in [0.3, 0.4) is 0 Å². The molecule has 0 saturated carbocycles. The molecule has 0 amide bonds. The number of esters is 2. The van der Waals surface area contributed by atoms with E-state index in [4.69, 9.17) is 44.1 Å². The number of halogens is 4. The molecule has 0 spiro atoms. The number of carbonyl (C=O) groups excluding carboxylic acids is 2. The van der Waals surface area contributed by atoms with E-state index in [1.165, 1.54) is 38.1 Å². The fraction of sp³-hybridized carbons (Fsp3) is 0.231. The number of nitrogens with zero attached hydrogens (tertiary/aromatic N) is 2. The molecule has 38 heavy (non-hydrogen) atoms. The summed E-state index contributed by atoms with van der Waals surface area (Å²) in [6.07, 6.45) is 5.06. The van der Waals surface area contributed by atoms with Crippen molar-refractivity contribution in [2.75, 3.05) is 0 Å². The lowest BCUT2D eigenvalue weighted by Crippen LogP contribution is -2.45. The molecule has 0 saturated heterocycles. The second-order valence-electron chi connectivity index (χ2n) is 9.34. The van der Waals surface area contributed by atoms with E-state index < -0.39 is 35.0 Å². The molecule has 2 heterocycles. The third-order valence-electron chi connectivity index (χ3n) is 5.62. The van der Waals surface area contributed by atoms with E-state index in [0.29, 0.717) is 21.8 Å². The Morgan fingerprint density at radius 3 is 1.55 bits per heavy atom. The molecule has 2 atom stereocenters. The number of rotatable bonds is 8. The molecule has 2 aromatic heterocycles. The maximum atomic E-state index is 13.7. The highest BCUT2D eigenvalue weighted by atomic mass is 35.5. The van der Waals surface area contributed by atoms with Crippen molar-refractivity contribution in [1.82, 2.24) is 9.13 Å². The Hall–Kier alpha value is -3.44. The zero-order valence-corrected chi connectivity index (χ0v) is 21.9. The first-order valence-corrected chi connectivity index (χ1v) is 12.1. The van der Waals surface area contributed by atoms with Gasteiger partial charge in [0.25, 0.3) is 0 Å². The predicted octanol–water partition coefficient (Wildman–Crippen LogP) is 4.87. The zero-order valence-electron chi connectivity index (χ0n) is 20.4. The van der Waals surface area contributed by atoms with Crippen LogP contribution in [0, 0.1) is 11.6 Å². The monoisotopic (exact) mass is 564 g/mol. The van der Waals surface area contributed by atoms with Crippen molar-refractivity contribution < 1.29 is 27.8 Å². The SMILES string of the molecule is C[C@](N)(Cn1ccc2cc(F)c(Cl)cc21)OC(=O)/C=C/C(=O)O[C@@](C)(N)Cn1ccc2cc(F)c(Cl)cc21. The molecule has 200 valence electrons. The van der Waals surface area contributed by atoms with E-state index in [1.54, 1.807) is 33.7 Å². The van der Waals surface area contributed by atoms with E-state index in [-0.39, 0.29) is 23.1 Å². The van der Waals surface area contributed by atoms with E-state index >= 15 is 0 Å². The van der Waals surface area contributed by atoms with Crippen LogP contribution in [0.4, 0.5) is 8.78 Å². The zero-order chi connectivity index (χ0) is 27.8. The number of aromatic nitrogens is 2. The van der Waals surface area contributed by atoms with Crippen molar-refractivity contribution in [3.05, 3.63) is 82.6 Å². The second-order valence-corrected chi connectivity index (χ2v) is 10.2. The third kappa shape index (κ3) is 6.33. The number of carbonyl (C=O) groups is 2. The van der Waals surface area contributed by atoms with Gasteiger partial charge in [0.05, 0.1) is 23.1 Å². The van der Waals surface area contributed by atoms with Gasteiger partial charge in [-0.15, -0.1) is 0 Å². The summed E-state index contributed by atoms with van der Waals surface area (Å²) in [5.41, 5.74) is 10.5. The molecule has 0 radical (unpaired) electrons. The van der Waals surface area contributed by atoms with Gasteiger partial charge in [0.1, 0.15) is 11.6 Å². The highest BCUT2D eigenvalue weighted by molar-refractivity contribution is 6.31. The van der Waals surface area contributed by atoms with Gasteiger partial charge in [-0.1, -0.05) is 23.2 Å². The van der Waals surface area contributed by atoms with E-state index in [2.05, 4.69) is 0 Å². The van der Waals surface area contributed by atoms with Gasteiger partial charge in [-0.25, -0.2) is 18.4 Å². The summed E-state index contributed by atoms with van der Waals surface area (Å²) in [6.45, 7) is 3.01. The van der Waals surface area contributed by atoms with Gasteiger partial charge in [0.15, 0.2) is 11.4 Å². The number of ether oxygens (including phenoxy) is 2. The van der Waals surface area contributed by atoms with Gasteiger partial charge in [0.2, 0.25) is 0 Å². The largest absolute Gasteiger partial charge is 0.439 e. The topological polar surface area (TPSA) is 114 Å². The summed E-state index contributed by atoms with van der Waals surface area (Å²) in [7, 11) is 0. The Kier molecular flexibility index (Phi) is 7.53. The van der Waals surface area contributed by atoms with Crippen molar-refractivity contribution >= 4 is 56.9 Å². The molecular formula is C26H24Cl2F2N4O4. The molecule has 0 aliphatic heterocycles. The molecule has 4 rings (SSSR count). The standard InChI is InChI=1S/C26H24Cl2F2N4O4/c1-25(31,13-33-7-5-15-9-19(29)17(27)11-21(15)33)37-23(35)3-4-24(36)38-26(2,32)14-34-8-6-16-10-20(30)18(28)12-22(16)34/h3-12H,13-14,31-32H2,1-2H3/b4-3+/t25-,26-/m1/s1. The van der Waals surface area contributed by atoms with Crippen LogP contribution >= 0.6 is 23.2 Å². The van der Waals surface area contributed by atoms with Gasteiger partial charge < -0.3 is 18.6 Å². The van der Waals surface area contributed by atoms with Crippen LogP contribution in [0.5, 0.6) is 0 Å². The molecule has 12 heteroatoms. The van der Waals surface area contributed by atoms with Crippen LogP contribution in [-0.2, 0) is 32.2 Å². The number of benzene rings is 2. The van der Waals surface area contributed by atoms with Crippen LogP contribution < -0.4 is 11.5 Å². The van der Waals surface area contributed by atoms with Crippen LogP contribution in [0.2, 0.25) is 10.0 Å². The molecule has 0 unspecified atom stereocenters. The number of fused-ring (bicyclic) bond motifs is 2. The van der Waals surface area contributed by atoms with Crippen LogP contribution in [0.25, 0.3) is 21.8 Å². The average molecular weight is 565 g/mol. The maximum Gasteiger partial charge on any atom is 0.332 e. The van der Waals surface area contributed by atoms with Gasteiger partial charge in [-0.05, 0) is 50.2 Å². The molecule has 0 bridgehead atoms. The fourth-order valence-corrected chi connectivity index (χ4v) is 4.37. The lowest BCUT2D eigenvalue weighted by Gasteiger charge is -2.26. The highest BCUT2D eigenvalue weighted by Gasteiger charge is 2.26. The lowest BCUT2D eigenvalue weighted by molar-refractivity contribution is -0.155. The minimum absolute atomic E-state index is 0.0299. The second kappa shape index (κ2) is 10.4. The van der Waals surface area contributed by atoms with Gasteiger partial charge in [-0.3, -0.25) is 11.5 Å². The predicted molar refractivity (Wildman–Crippen MR) is 140 cm³/mol. The normalized spacial score (nSPS) is 15.1. The summed E-state index contributed by atoms with van der Waals surface area (Å²) < 4.78 is 41.3. The Morgan fingerprint density at radius 2 is 1.18 bits per heavy atom. The van der Waals surface area contributed by atoms with Crippen molar-refractivity contribution in [3.63, 3.8) is 0 Å². The Balaban J connectivity index is 1.36. The summed E-state index contributed by atoms with van der Waals surface area (Å²) in [4.78, 5) is 24.7. The maximum absolute atomic E-state index is 13.7. The van der Waals surface area contributed by atoms with Gasteiger partial charge >= 0.3 is 11.9 Å². The summed E-state index contributed by atoms with van der Waals surface area (Å²) in [5.74, 6) is -2.88. The van der Waals surface area contributed by atoms with Crippen LogP contribution in [0.15, 0.2) is 60.9 Å². The minimum atomic E-state index is -1.48. The van der Waals surface area contributed by atoms with Gasteiger partial charge in [0, 0.05) is 46.4 Å². The quantitative estimate of drug-likeness (QED) is 0.179. The smallest absolute Gasteiger partial charge is 0.332 e. The third-order valence-corrected chi connectivity index (χ3v) is 6.20. The van der Waals surface area contributed by atoms with Crippen molar-refractivity contribution in [3.8, 4) is 0 Å².